The van der Waals surface area contributed by atoms with Crippen molar-refractivity contribution in [1.82, 2.24) is 14.9 Å². The van der Waals surface area contributed by atoms with Crippen molar-refractivity contribution in [2.75, 3.05) is 11.9 Å². The molecule has 158 valence electrons. The Morgan fingerprint density at radius 2 is 1.80 bits per heavy atom. The SMILES string of the molecule is Cc1ccc(C(=O)Nc2nnc(S(=O)(=O)N[C@@H](C)COc3ccccc3C)s2)cc1. The van der Waals surface area contributed by atoms with Crippen LogP contribution in [-0.2, 0) is 10.0 Å². The van der Waals surface area contributed by atoms with E-state index in [0.717, 1.165) is 22.5 Å². The van der Waals surface area contributed by atoms with E-state index in [1.165, 1.54) is 0 Å². The van der Waals surface area contributed by atoms with Crippen molar-refractivity contribution in [1.29, 1.82) is 0 Å². The summed E-state index contributed by atoms with van der Waals surface area (Å²) in [6.45, 7) is 5.68. The first-order valence-electron chi connectivity index (χ1n) is 9.17. The molecule has 0 aliphatic carbocycles. The number of nitrogens with zero attached hydrogens (tertiary/aromatic N) is 2. The van der Waals surface area contributed by atoms with Crippen molar-refractivity contribution in [2.45, 2.75) is 31.2 Å². The zero-order valence-electron chi connectivity index (χ0n) is 16.7. The number of aromatic nitrogens is 2. The van der Waals surface area contributed by atoms with Crippen molar-refractivity contribution in [2.24, 2.45) is 0 Å². The highest BCUT2D eigenvalue weighted by Crippen LogP contribution is 2.21. The number of hydrogen-bond donors (Lipinski definition) is 2. The highest BCUT2D eigenvalue weighted by atomic mass is 32.2. The van der Waals surface area contributed by atoms with Gasteiger partial charge >= 0.3 is 0 Å². The molecule has 0 aliphatic rings. The number of para-hydroxylation sites is 1. The summed E-state index contributed by atoms with van der Waals surface area (Å²) in [5.74, 6) is 0.309. The lowest BCUT2D eigenvalue weighted by Gasteiger charge is -2.15. The molecule has 1 aromatic heterocycles. The van der Waals surface area contributed by atoms with Gasteiger partial charge in [0.1, 0.15) is 12.4 Å². The first-order chi connectivity index (χ1) is 14.2. The summed E-state index contributed by atoms with van der Waals surface area (Å²) in [6.07, 6.45) is 0. The van der Waals surface area contributed by atoms with Crippen LogP contribution in [0.2, 0.25) is 0 Å². The Balaban J connectivity index is 1.59. The number of rotatable bonds is 8. The number of carbonyl (C=O) groups excluding carboxylic acids is 1. The van der Waals surface area contributed by atoms with Gasteiger partial charge in [-0.15, -0.1) is 10.2 Å². The van der Waals surface area contributed by atoms with Crippen LogP contribution >= 0.6 is 11.3 Å². The second kappa shape index (κ2) is 9.33. The summed E-state index contributed by atoms with van der Waals surface area (Å²) in [7, 11) is -3.90. The Kier molecular flexibility index (Phi) is 6.80. The standard InChI is InChI=1S/C20H22N4O4S2/c1-13-8-10-16(11-9-13)18(25)21-19-22-23-20(29-19)30(26,27)24-15(3)12-28-17-7-5-4-6-14(17)2/h4-11,15,24H,12H2,1-3H3,(H,21,22,25)/t15-/m0/s1. The van der Waals surface area contributed by atoms with Crippen molar-refractivity contribution in [3.05, 3.63) is 65.2 Å². The van der Waals surface area contributed by atoms with Gasteiger partial charge in [0, 0.05) is 5.56 Å². The van der Waals surface area contributed by atoms with Crippen molar-refractivity contribution in [3.63, 3.8) is 0 Å². The number of carbonyl (C=O) groups is 1. The maximum absolute atomic E-state index is 12.6. The van der Waals surface area contributed by atoms with E-state index in [-0.39, 0.29) is 22.0 Å². The third-order valence-electron chi connectivity index (χ3n) is 4.11. The third kappa shape index (κ3) is 5.62. The molecule has 1 amide bonds. The molecule has 2 N–H and O–H groups in total. The van der Waals surface area contributed by atoms with Gasteiger partial charge < -0.3 is 4.74 Å². The minimum atomic E-state index is -3.90. The van der Waals surface area contributed by atoms with Crippen LogP contribution in [-0.4, -0.2) is 37.2 Å². The number of amides is 1. The first kappa shape index (κ1) is 21.9. The summed E-state index contributed by atoms with van der Waals surface area (Å²) in [4.78, 5) is 12.3. The third-order valence-corrected chi connectivity index (χ3v) is 6.91. The Labute approximate surface area is 179 Å². The Hall–Kier alpha value is -2.82. The molecule has 30 heavy (non-hydrogen) atoms. The Morgan fingerprint density at radius 3 is 2.50 bits per heavy atom. The molecule has 0 aliphatic heterocycles. The molecular formula is C20H22N4O4S2. The fourth-order valence-corrected chi connectivity index (χ4v) is 4.66. The smallest absolute Gasteiger partial charge is 0.270 e. The first-order valence-corrected chi connectivity index (χ1v) is 11.5. The number of anilines is 1. The molecule has 0 spiro atoms. The Morgan fingerprint density at radius 1 is 1.10 bits per heavy atom. The molecule has 0 unspecified atom stereocenters. The van der Waals surface area contributed by atoms with Crippen LogP contribution < -0.4 is 14.8 Å². The highest BCUT2D eigenvalue weighted by molar-refractivity contribution is 7.91. The van der Waals surface area contributed by atoms with E-state index in [1.807, 2.05) is 50.2 Å². The van der Waals surface area contributed by atoms with E-state index in [4.69, 9.17) is 4.74 Å². The molecule has 1 atom stereocenters. The fraction of sp³-hybridized carbons (Fsp3) is 0.250. The van der Waals surface area contributed by atoms with Gasteiger partial charge in [0.05, 0.1) is 6.04 Å². The second-order valence-corrected chi connectivity index (χ2v) is 9.66. The molecule has 8 nitrogen and oxygen atoms in total. The quantitative estimate of drug-likeness (QED) is 0.514. The second-order valence-electron chi connectivity index (χ2n) is 6.79. The summed E-state index contributed by atoms with van der Waals surface area (Å²) >= 11 is 0.779. The number of ether oxygens (including phenoxy) is 1. The van der Waals surface area contributed by atoms with E-state index < -0.39 is 16.1 Å². The lowest BCUT2D eigenvalue weighted by molar-refractivity contribution is 0.102. The van der Waals surface area contributed by atoms with Crippen LogP contribution in [0.1, 0.15) is 28.4 Å². The van der Waals surface area contributed by atoms with Gasteiger partial charge in [-0.1, -0.05) is 47.2 Å². The summed E-state index contributed by atoms with van der Waals surface area (Å²) in [5.41, 5.74) is 2.44. The van der Waals surface area contributed by atoms with Gasteiger partial charge in [0.15, 0.2) is 0 Å². The van der Waals surface area contributed by atoms with Crippen LogP contribution in [0.25, 0.3) is 0 Å². The van der Waals surface area contributed by atoms with Crippen molar-refractivity contribution < 1.29 is 17.9 Å². The summed E-state index contributed by atoms with van der Waals surface area (Å²) in [5, 5.41) is 10.1. The van der Waals surface area contributed by atoms with Crippen LogP contribution in [0.5, 0.6) is 5.75 Å². The van der Waals surface area contributed by atoms with Crippen molar-refractivity contribution in [3.8, 4) is 5.75 Å². The van der Waals surface area contributed by atoms with E-state index in [1.54, 1.807) is 19.1 Å². The van der Waals surface area contributed by atoms with Gasteiger partial charge in [-0.3, -0.25) is 10.1 Å². The topological polar surface area (TPSA) is 110 Å². The molecule has 0 saturated carbocycles. The molecular weight excluding hydrogens is 424 g/mol. The van der Waals surface area contributed by atoms with E-state index in [0.29, 0.717) is 11.3 Å². The zero-order valence-corrected chi connectivity index (χ0v) is 18.4. The molecule has 0 fully saturated rings. The predicted molar refractivity (Wildman–Crippen MR) is 115 cm³/mol. The monoisotopic (exact) mass is 446 g/mol. The van der Waals surface area contributed by atoms with Crippen LogP contribution in [0.3, 0.4) is 0 Å². The molecule has 2 aromatic carbocycles. The van der Waals surface area contributed by atoms with E-state index in [2.05, 4.69) is 20.2 Å². The van der Waals surface area contributed by atoms with E-state index >= 15 is 0 Å². The van der Waals surface area contributed by atoms with E-state index in [9.17, 15) is 13.2 Å². The van der Waals surface area contributed by atoms with Crippen LogP contribution in [0.4, 0.5) is 5.13 Å². The highest BCUT2D eigenvalue weighted by Gasteiger charge is 2.23. The zero-order chi connectivity index (χ0) is 21.7. The van der Waals surface area contributed by atoms with Gasteiger partial charge in [-0.2, -0.15) is 0 Å². The largest absolute Gasteiger partial charge is 0.492 e. The summed E-state index contributed by atoms with van der Waals surface area (Å²) < 4.78 is 33.1. The number of hydrogen-bond acceptors (Lipinski definition) is 7. The van der Waals surface area contributed by atoms with Crippen LogP contribution in [0.15, 0.2) is 52.9 Å². The maximum Gasteiger partial charge on any atom is 0.270 e. The normalized spacial score (nSPS) is 12.4. The van der Waals surface area contributed by atoms with Gasteiger partial charge in [0.2, 0.25) is 9.47 Å². The lowest BCUT2D eigenvalue weighted by Crippen LogP contribution is -2.36. The minimum absolute atomic E-state index is 0.102. The molecule has 1 heterocycles. The predicted octanol–water partition coefficient (Wildman–Crippen LogP) is 3.15. The average molecular weight is 447 g/mol. The number of sulfonamides is 1. The number of benzene rings is 2. The molecule has 3 aromatic rings. The number of nitrogens with one attached hydrogen (secondary N) is 2. The van der Waals surface area contributed by atoms with Gasteiger partial charge in [-0.05, 0) is 44.5 Å². The van der Waals surface area contributed by atoms with Gasteiger partial charge in [-0.25, -0.2) is 13.1 Å². The molecule has 0 bridgehead atoms. The van der Waals surface area contributed by atoms with Crippen LogP contribution in [0, 0.1) is 13.8 Å². The summed E-state index contributed by atoms with van der Waals surface area (Å²) in [6, 6.07) is 14.0. The van der Waals surface area contributed by atoms with Gasteiger partial charge in [0.25, 0.3) is 15.9 Å². The molecule has 0 saturated heterocycles. The molecule has 0 radical (unpaired) electrons. The average Bonchev–Trinajstić information content (AvgIpc) is 3.17. The maximum atomic E-state index is 12.6. The lowest BCUT2D eigenvalue weighted by atomic mass is 10.1. The molecule has 3 rings (SSSR count). The number of aryl methyl sites for hydroxylation is 2. The minimum Gasteiger partial charge on any atom is -0.492 e. The molecule has 10 heteroatoms. The van der Waals surface area contributed by atoms with Crippen molar-refractivity contribution >= 4 is 32.4 Å². The Bertz CT molecular complexity index is 1130. The fourth-order valence-electron chi connectivity index (χ4n) is 2.53.